The standard InChI is InChI=1S/C11H14OS/c1-9-3-5-10(6-4-9)11(13-2)7-12-8-11/h3-6H,7-8H2,1-2H3. The molecule has 1 fully saturated rings. The molecule has 1 aromatic carbocycles. The normalized spacial score (nSPS) is 19.5. The van der Waals surface area contributed by atoms with Crippen LogP contribution in [0.5, 0.6) is 0 Å². The second kappa shape index (κ2) is 3.35. The Morgan fingerprint density at radius 2 is 1.85 bits per heavy atom. The molecule has 1 aliphatic heterocycles. The van der Waals surface area contributed by atoms with E-state index in [2.05, 4.69) is 37.4 Å². The van der Waals surface area contributed by atoms with Crippen molar-refractivity contribution in [2.75, 3.05) is 19.5 Å². The first kappa shape index (κ1) is 9.10. The average Bonchev–Trinajstić information content (AvgIpc) is 2.07. The third-order valence-corrected chi connectivity index (χ3v) is 3.89. The molecule has 0 aromatic heterocycles. The van der Waals surface area contributed by atoms with E-state index in [1.807, 2.05) is 11.8 Å². The lowest BCUT2D eigenvalue weighted by atomic mass is 9.95. The Kier molecular flexibility index (Phi) is 2.35. The fourth-order valence-corrected chi connectivity index (χ4v) is 2.32. The van der Waals surface area contributed by atoms with Crippen LogP contribution in [0.1, 0.15) is 11.1 Å². The maximum atomic E-state index is 5.29. The molecule has 0 atom stereocenters. The van der Waals surface area contributed by atoms with Gasteiger partial charge in [-0.15, -0.1) is 11.8 Å². The van der Waals surface area contributed by atoms with E-state index >= 15 is 0 Å². The highest BCUT2D eigenvalue weighted by atomic mass is 32.2. The Bertz CT molecular complexity index is 282. The van der Waals surface area contributed by atoms with Crippen LogP contribution in [0.15, 0.2) is 24.3 Å². The van der Waals surface area contributed by atoms with Crippen LogP contribution in [0.4, 0.5) is 0 Å². The molecule has 2 heteroatoms. The summed E-state index contributed by atoms with van der Waals surface area (Å²) in [6.45, 7) is 3.83. The summed E-state index contributed by atoms with van der Waals surface area (Å²) in [5, 5.41) is 0. The van der Waals surface area contributed by atoms with Crippen LogP contribution in [0, 0.1) is 6.92 Å². The van der Waals surface area contributed by atoms with Gasteiger partial charge < -0.3 is 4.74 Å². The molecule has 13 heavy (non-hydrogen) atoms. The lowest BCUT2D eigenvalue weighted by Gasteiger charge is -2.40. The number of rotatable bonds is 2. The Hall–Kier alpha value is -0.470. The Labute approximate surface area is 83.5 Å². The van der Waals surface area contributed by atoms with Crippen LogP contribution in [-0.2, 0) is 9.48 Å². The lowest BCUT2D eigenvalue weighted by molar-refractivity contribution is -0.0106. The van der Waals surface area contributed by atoms with Gasteiger partial charge in [-0.2, -0.15) is 0 Å². The molecular weight excluding hydrogens is 180 g/mol. The van der Waals surface area contributed by atoms with Crippen molar-refractivity contribution in [1.82, 2.24) is 0 Å². The van der Waals surface area contributed by atoms with Crippen molar-refractivity contribution in [2.24, 2.45) is 0 Å². The van der Waals surface area contributed by atoms with Gasteiger partial charge in [0.1, 0.15) is 0 Å². The molecule has 1 nitrogen and oxygen atoms in total. The van der Waals surface area contributed by atoms with Crippen molar-refractivity contribution in [3.63, 3.8) is 0 Å². The van der Waals surface area contributed by atoms with Gasteiger partial charge in [-0.3, -0.25) is 0 Å². The second-order valence-electron chi connectivity index (χ2n) is 3.56. The summed E-state index contributed by atoms with van der Waals surface area (Å²) < 4.78 is 5.54. The van der Waals surface area contributed by atoms with E-state index in [1.54, 1.807) is 0 Å². The van der Waals surface area contributed by atoms with Gasteiger partial charge in [0.2, 0.25) is 0 Å². The molecular formula is C11H14OS. The number of hydrogen-bond donors (Lipinski definition) is 0. The minimum atomic E-state index is 0.244. The molecule has 2 rings (SSSR count). The smallest absolute Gasteiger partial charge is 0.0871 e. The summed E-state index contributed by atoms with van der Waals surface area (Å²) in [6, 6.07) is 8.78. The molecule has 0 bridgehead atoms. The molecule has 0 spiro atoms. The predicted octanol–water partition coefficient (Wildman–Crippen LogP) is 2.58. The highest BCUT2D eigenvalue weighted by Gasteiger charge is 2.39. The van der Waals surface area contributed by atoms with E-state index in [9.17, 15) is 0 Å². The molecule has 0 saturated carbocycles. The Morgan fingerprint density at radius 3 is 2.23 bits per heavy atom. The summed E-state index contributed by atoms with van der Waals surface area (Å²) in [5.74, 6) is 0. The molecule has 1 saturated heterocycles. The zero-order valence-electron chi connectivity index (χ0n) is 8.04. The lowest BCUT2D eigenvalue weighted by Crippen LogP contribution is -2.43. The first-order valence-corrected chi connectivity index (χ1v) is 5.69. The number of thioether (sulfide) groups is 1. The molecule has 1 aliphatic rings. The van der Waals surface area contributed by atoms with E-state index in [0.717, 1.165) is 13.2 Å². The van der Waals surface area contributed by atoms with Crippen molar-refractivity contribution in [2.45, 2.75) is 11.7 Å². The summed E-state index contributed by atoms with van der Waals surface area (Å²) in [6.07, 6.45) is 2.16. The van der Waals surface area contributed by atoms with Gasteiger partial charge in [0, 0.05) is 0 Å². The molecule has 1 aromatic rings. The zero-order chi connectivity index (χ0) is 9.31. The first-order chi connectivity index (χ1) is 6.27. The summed E-state index contributed by atoms with van der Waals surface area (Å²) in [5.41, 5.74) is 2.72. The molecule has 0 radical (unpaired) electrons. The quantitative estimate of drug-likeness (QED) is 0.715. The third-order valence-electron chi connectivity index (χ3n) is 2.64. The average molecular weight is 194 g/mol. The van der Waals surface area contributed by atoms with Crippen molar-refractivity contribution in [1.29, 1.82) is 0 Å². The van der Waals surface area contributed by atoms with Gasteiger partial charge in [-0.05, 0) is 18.7 Å². The van der Waals surface area contributed by atoms with Crippen molar-refractivity contribution in [3.8, 4) is 0 Å². The molecule has 1 heterocycles. The maximum Gasteiger partial charge on any atom is 0.0871 e. The van der Waals surface area contributed by atoms with Crippen LogP contribution in [0.25, 0.3) is 0 Å². The second-order valence-corrected chi connectivity index (χ2v) is 4.75. The number of benzene rings is 1. The van der Waals surface area contributed by atoms with E-state index in [1.165, 1.54) is 11.1 Å². The topological polar surface area (TPSA) is 9.23 Å². The fourth-order valence-electron chi connectivity index (χ4n) is 1.55. The molecule has 0 N–H and O–H groups in total. The maximum absolute atomic E-state index is 5.29. The number of ether oxygens (including phenoxy) is 1. The highest BCUT2D eigenvalue weighted by molar-refractivity contribution is 7.99. The van der Waals surface area contributed by atoms with E-state index < -0.39 is 0 Å². The van der Waals surface area contributed by atoms with Crippen LogP contribution in [0.2, 0.25) is 0 Å². The minimum absolute atomic E-state index is 0.244. The number of hydrogen-bond acceptors (Lipinski definition) is 2. The molecule has 0 aliphatic carbocycles. The fraction of sp³-hybridized carbons (Fsp3) is 0.455. The van der Waals surface area contributed by atoms with Crippen molar-refractivity contribution >= 4 is 11.8 Å². The first-order valence-electron chi connectivity index (χ1n) is 4.47. The van der Waals surface area contributed by atoms with Crippen LogP contribution < -0.4 is 0 Å². The van der Waals surface area contributed by atoms with Crippen LogP contribution in [0.3, 0.4) is 0 Å². The van der Waals surface area contributed by atoms with Gasteiger partial charge in [0.15, 0.2) is 0 Å². The minimum Gasteiger partial charge on any atom is -0.378 e. The highest BCUT2D eigenvalue weighted by Crippen LogP contribution is 2.41. The van der Waals surface area contributed by atoms with E-state index in [-0.39, 0.29) is 4.75 Å². The van der Waals surface area contributed by atoms with Gasteiger partial charge in [-0.1, -0.05) is 29.8 Å². The molecule has 0 amide bonds. The Morgan fingerprint density at radius 1 is 1.23 bits per heavy atom. The van der Waals surface area contributed by atoms with Crippen molar-refractivity contribution < 1.29 is 4.74 Å². The molecule has 70 valence electrons. The predicted molar refractivity (Wildman–Crippen MR) is 57.2 cm³/mol. The van der Waals surface area contributed by atoms with Gasteiger partial charge in [-0.25, -0.2) is 0 Å². The summed E-state index contributed by atoms with van der Waals surface area (Å²) >= 11 is 1.89. The van der Waals surface area contributed by atoms with Gasteiger partial charge in [0.25, 0.3) is 0 Å². The van der Waals surface area contributed by atoms with Crippen LogP contribution >= 0.6 is 11.8 Å². The van der Waals surface area contributed by atoms with Crippen LogP contribution in [-0.4, -0.2) is 19.5 Å². The molecule has 0 unspecified atom stereocenters. The largest absolute Gasteiger partial charge is 0.378 e. The van der Waals surface area contributed by atoms with E-state index in [0.29, 0.717) is 0 Å². The van der Waals surface area contributed by atoms with Gasteiger partial charge >= 0.3 is 0 Å². The zero-order valence-corrected chi connectivity index (χ0v) is 8.86. The SMILES string of the molecule is CSC1(c2ccc(C)cc2)COC1. The van der Waals surface area contributed by atoms with Crippen molar-refractivity contribution in [3.05, 3.63) is 35.4 Å². The monoisotopic (exact) mass is 194 g/mol. The summed E-state index contributed by atoms with van der Waals surface area (Å²) in [4.78, 5) is 0. The Balaban J connectivity index is 2.28. The third kappa shape index (κ3) is 1.49. The van der Waals surface area contributed by atoms with E-state index in [4.69, 9.17) is 4.74 Å². The summed E-state index contributed by atoms with van der Waals surface area (Å²) in [7, 11) is 0. The number of aryl methyl sites for hydroxylation is 1. The van der Waals surface area contributed by atoms with Gasteiger partial charge in [0.05, 0.1) is 18.0 Å².